The van der Waals surface area contributed by atoms with Crippen LogP contribution >= 0.6 is 0 Å². The molecule has 0 aliphatic carbocycles. The molecule has 0 heterocycles. The van der Waals surface area contributed by atoms with Crippen LogP contribution in [0.2, 0.25) is 0 Å². The lowest BCUT2D eigenvalue weighted by Crippen LogP contribution is -2.24. The van der Waals surface area contributed by atoms with Gasteiger partial charge in [0.25, 0.3) is 0 Å². The van der Waals surface area contributed by atoms with Crippen LogP contribution in [0.1, 0.15) is 30.0 Å². The molecular weight excluding hydrogens is 188 g/mol. The molecule has 0 fully saturated rings. The van der Waals surface area contributed by atoms with Crippen molar-refractivity contribution in [3.05, 3.63) is 34.9 Å². The molecule has 15 heavy (non-hydrogen) atoms. The molecule has 0 aliphatic heterocycles. The van der Waals surface area contributed by atoms with Gasteiger partial charge in [0.15, 0.2) is 0 Å². The Hall–Kier alpha value is -0.860. The Morgan fingerprint density at radius 1 is 1.33 bits per heavy atom. The third-order valence-electron chi connectivity index (χ3n) is 2.76. The van der Waals surface area contributed by atoms with Gasteiger partial charge in [-0.3, -0.25) is 0 Å². The van der Waals surface area contributed by atoms with E-state index in [1.807, 2.05) is 26.0 Å². The Kier molecular flexibility index (Phi) is 3.89. The van der Waals surface area contributed by atoms with Gasteiger partial charge in [-0.2, -0.15) is 0 Å². The number of aryl methyl sites for hydroxylation is 2. The maximum atomic E-state index is 10.3. The second-order valence-electron chi connectivity index (χ2n) is 4.34. The summed E-state index contributed by atoms with van der Waals surface area (Å²) in [4.78, 5) is 0. The van der Waals surface area contributed by atoms with Gasteiger partial charge in [-0.1, -0.05) is 23.8 Å². The van der Waals surface area contributed by atoms with Gasteiger partial charge in [0.05, 0.1) is 5.60 Å². The van der Waals surface area contributed by atoms with Crippen molar-refractivity contribution >= 4 is 0 Å². The summed E-state index contributed by atoms with van der Waals surface area (Å²) >= 11 is 0. The number of benzene rings is 1. The third-order valence-corrected chi connectivity index (χ3v) is 2.76. The van der Waals surface area contributed by atoms with Gasteiger partial charge in [0.1, 0.15) is 0 Å². The summed E-state index contributed by atoms with van der Waals surface area (Å²) in [5.41, 5.74) is 2.55. The predicted molar refractivity (Wildman–Crippen MR) is 62.0 cm³/mol. The van der Waals surface area contributed by atoms with Crippen molar-refractivity contribution < 1.29 is 9.84 Å². The van der Waals surface area contributed by atoms with E-state index < -0.39 is 5.60 Å². The van der Waals surface area contributed by atoms with Crippen molar-refractivity contribution in [3.63, 3.8) is 0 Å². The lowest BCUT2D eigenvalue weighted by atomic mass is 9.88. The first-order valence-corrected chi connectivity index (χ1v) is 5.26. The van der Waals surface area contributed by atoms with Crippen molar-refractivity contribution in [3.8, 4) is 0 Å². The van der Waals surface area contributed by atoms with Crippen LogP contribution in [0.4, 0.5) is 0 Å². The lowest BCUT2D eigenvalue weighted by Gasteiger charge is -2.25. The second kappa shape index (κ2) is 4.77. The Balaban J connectivity index is 2.93. The summed E-state index contributed by atoms with van der Waals surface area (Å²) in [5, 5.41) is 10.3. The molecule has 0 amide bonds. The fraction of sp³-hybridized carbons (Fsp3) is 0.538. The van der Waals surface area contributed by atoms with Crippen LogP contribution in [0, 0.1) is 13.8 Å². The van der Waals surface area contributed by atoms with Crippen LogP contribution in [0.5, 0.6) is 0 Å². The molecule has 0 saturated heterocycles. The highest BCUT2D eigenvalue weighted by atomic mass is 16.5. The van der Waals surface area contributed by atoms with Gasteiger partial charge < -0.3 is 9.84 Å². The molecule has 0 aromatic heterocycles. The first kappa shape index (κ1) is 12.2. The number of hydrogen-bond acceptors (Lipinski definition) is 2. The van der Waals surface area contributed by atoms with E-state index in [-0.39, 0.29) is 0 Å². The quantitative estimate of drug-likeness (QED) is 0.824. The molecule has 0 radical (unpaired) electrons. The van der Waals surface area contributed by atoms with Crippen molar-refractivity contribution in [2.45, 2.75) is 32.8 Å². The van der Waals surface area contributed by atoms with Crippen molar-refractivity contribution in [2.75, 3.05) is 13.7 Å². The van der Waals surface area contributed by atoms with Crippen LogP contribution in [0.15, 0.2) is 18.2 Å². The highest BCUT2D eigenvalue weighted by molar-refractivity contribution is 5.34. The van der Waals surface area contributed by atoms with E-state index in [1.165, 1.54) is 5.56 Å². The zero-order chi connectivity index (χ0) is 11.5. The molecule has 2 heteroatoms. The van der Waals surface area contributed by atoms with E-state index in [4.69, 9.17) is 4.74 Å². The maximum absolute atomic E-state index is 10.3. The molecule has 0 aliphatic rings. The maximum Gasteiger partial charge on any atom is 0.0893 e. The molecule has 1 N–H and O–H groups in total. The zero-order valence-electron chi connectivity index (χ0n) is 10.0. The van der Waals surface area contributed by atoms with Gasteiger partial charge in [0, 0.05) is 20.1 Å². The van der Waals surface area contributed by atoms with Crippen molar-refractivity contribution in [2.24, 2.45) is 0 Å². The van der Waals surface area contributed by atoms with Crippen molar-refractivity contribution in [1.29, 1.82) is 0 Å². The minimum atomic E-state index is -0.798. The molecule has 1 unspecified atom stereocenters. The Morgan fingerprint density at radius 3 is 2.53 bits per heavy atom. The van der Waals surface area contributed by atoms with Gasteiger partial charge in [-0.25, -0.2) is 0 Å². The number of rotatable bonds is 4. The fourth-order valence-electron chi connectivity index (χ4n) is 1.85. The largest absolute Gasteiger partial charge is 0.385 e. The highest BCUT2D eigenvalue weighted by Crippen LogP contribution is 2.27. The average molecular weight is 208 g/mol. The van der Waals surface area contributed by atoms with Crippen molar-refractivity contribution in [1.82, 2.24) is 0 Å². The highest BCUT2D eigenvalue weighted by Gasteiger charge is 2.24. The number of methoxy groups -OCH3 is 1. The molecule has 0 saturated carbocycles. The molecule has 1 aromatic rings. The van der Waals surface area contributed by atoms with E-state index in [9.17, 15) is 5.11 Å². The second-order valence-corrected chi connectivity index (χ2v) is 4.34. The number of aliphatic hydroxyl groups is 1. The molecule has 1 rings (SSSR count). The van der Waals surface area contributed by atoms with E-state index in [1.54, 1.807) is 7.11 Å². The average Bonchev–Trinajstić information content (AvgIpc) is 2.14. The number of ether oxygens (including phenoxy) is 1. The summed E-state index contributed by atoms with van der Waals surface area (Å²) in [6.45, 7) is 6.49. The first-order chi connectivity index (χ1) is 6.97. The van der Waals surface area contributed by atoms with E-state index in [2.05, 4.69) is 13.0 Å². The van der Waals surface area contributed by atoms with E-state index in [0.29, 0.717) is 13.0 Å². The van der Waals surface area contributed by atoms with Crippen LogP contribution < -0.4 is 0 Å². The van der Waals surface area contributed by atoms with Crippen LogP contribution in [-0.2, 0) is 10.3 Å². The number of hydrogen-bond donors (Lipinski definition) is 1. The standard InChI is InChI=1S/C13H20O2/c1-10-5-6-12(11(2)9-10)13(3,14)7-8-15-4/h5-6,9,14H,7-8H2,1-4H3. The Morgan fingerprint density at radius 2 is 2.00 bits per heavy atom. The van der Waals surface area contributed by atoms with E-state index in [0.717, 1.165) is 11.1 Å². The van der Waals surface area contributed by atoms with Crippen LogP contribution in [0.25, 0.3) is 0 Å². The van der Waals surface area contributed by atoms with E-state index >= 15 is 0 Å². The van der Waals surface area contributed by atoms with Crippen LogP contribution in [0.3, 0.4) is 0 Å². The SMILES string of the molecule is COCCC(C)(O)c1ccc(C)cc1C. The molecular formula is C13H20O2. The zero-order valence-corrected chi connectivity index (χ0v) is 10.0. The molecule has 0 bridgehead atoms. The van der Waals surface area contributed by atoms with Gasteiger partial charge in [-0.15, -0.1) is 0 Å². The predicted octanol–water partition coefficient (Wildman–Crippen LogP) is 2.55. The monoisotopic (exact) mass is 208 g/mol. The third kappa shape index (κ3) is 3.05. The molecule has 0 spiro atoms. The van der Waals surface area contributed by atoms with Crippen LogP contribution in [-0.4, -0.2) is 18.8 Å². The molecule has 1 atom stereocenters. The molecule has 1 aromatic carbocycles. The van der Waals surface area contributed by atoms with Gasteiger partial charge in [0.2, 0.25) is 0 Å². The summed E-state index contributed by atoms with van der Waals surface area (Å²) in [5.74, 6) is 0. The van der Waals surface area contributed by atoms with Gasteiger partial charge >= 0.3 is 0 Å². The minimum absolute atomic E-state index is 0.570. The first-order valence-electron chi connectivity index (χ1n) is 5.26. The summed E-state index contributed by atoms with van der Waals surface area (Å²) in [6, 6.07) is 6.13. The normalized spacial score (nSPS) is 15.0. The molecule has 84 valence electrons. The molecule has 2 nitrogen and oxygen atoms in total. The minimum Gasteiger partial charge on any atom is -0.385 e. The Labute approximate surface area is 91.9 Å². The summed E-state index contributed by atoms with van der Waals surface area (Å²) < 4.78 is 5.00. The summed E-state index contributed by atoms with van der Waals surface area (Å²) in [7, 11) is 1.65. The Bertz CT molecular complexity index is 329. The van der Waals surface area contributed by atoms with Gasteiger partial charge in [-0.05, 0) is 31.9 Å². The summed E-state index contributed by atoms with van der Waals surface area (Å²) in [6.07, 6.45) is 0.618. The fourth-order valence-corrected chi connectivity index (χ4v) is 1.85. The lowest BCUT2D eigenvalue weighted by molar-refractivity contribution is 0.0205. The smallest absolute Gasteiger partial charge is 0.0893 e. The topological polar surface area (TPSA) is 29.5 Å².